The van der Waals surface area contributed by atoms with Crippen LogP contribution in [-0.4, -0.2) is 214 Å². The van der Waals surface area contributed by atoms with E-state index in [0.717, 1.165) is 66.5 Å². The van der Waals surface area contributed by atoms with Crippen LogP contribution in [0.25, 0.3) is 0 Å². The third-order valence-corrected chi connectivity index (χ3v) is 27.6. The number of carbonyl (C=O) groups excluding carboxylic acids is 11. The first-order chi connectivity index (χ1) is 65.3. The smallest absolute Gasteiger partial charge is 0.330 e. The van der Waals surface area contributed by atoms with Gasteiger partial charge in [-0.15, -0.1) is 0 Å². The average Bonchev–Trinajstić information content (AvgIpc) is 1.64. The second kappa shape index (κ2) is 76.7. The van der Waals surface area contributed by atoms with E-state index in [-0.39, 0.29) is 149 Å². The van der Waals surface area contributed by atoms with E-state index in [1.807, 2.05) is 34.6 Å². The van der Waals surface area contributed by atoms with E-state index in [1.165, 1.54) is 85.5 Å². The number of ether oxygens (including phenoxy) is 13. The van der Waals surface area contributed by atoms with Crippen molar-refractivity contribution in [3.05, 3.63) is 149 Å². The Hall–Kier alpha value is -8.87. The number of hydrogen-bond acceptors (Lipinski definition) is 28. The minimum absolute atomic E-state index is 0. The molecule has 2 bridgehead atoms. The Morgan fingerprint density at radius 2 is 0.796 bits per heavy atom. The Kier molecular flexibility index (Phi) is 74.1. The number of fused-ring (bicyclic) bond motifs is 5. The summed E-state index contributed by atoms with van der Waals surface area (Å²) in [5, 5.41) is 40.2. The SMILES string of the molecule is C.C.C.C.C.C1CC2C3CCC(C3)C2C1.C=CC(=O)COCC.C=CC(=O)COCC.C=CC(=O)OC1CC(COC(=O)C2CCC(O)C(OC(=O)C=C)C2)CCC1O.C=CC(=O)OC1CCC(COC(=O)CCCCC(=O)OCC2CCC(OC(=O)C=C)C(O)C2)CC1O.C=CC(=O)OCC1(CC)COC(C(C)(C)COC(=O)C=C)OC1.CC1CC=CCC1C.CC1CCCCC1C.Cc1ccccc1C. The summed E-state index contributed by atoms with van der Waals surface area (Å²) in [6.45, 7) is 53.0. The van der Waals surface area contributed by atoms with E-state index in [2.05, 4.69) is 131 Å². The van der Waals surface area contributed by atoms with Crippen LogP contribution in [0.4, 0.5) is 0 Å². The molecule has 812 valence electrons. The molecule has 11 rings (SSSR count). The van der Waals surface area contributed by atoms with E-state index in [0.29, 0.717) is 110 Å². The number of allylic oxidation sites excluding steroid dienone is 2. The molecule has 0 radical (unpaired) electrons. The number of benzene rings is 1. The number of ketones is 2. The number of carbonyl (C=O) groups is 11. The Balaban J connectivity index is -0.00000163. The van der Waals surface area contributed by atoms with Gasteiger partial charge in [0.1, 0.15) is 50.8 Å². The first-order valence-electron chi connectivity index (χ1n) is 49.8. The predicted molar refractivity (Wildman–Crippen MR) is 558 cm³/mol. The van der Waals surface area contributed by atoms with Gasteiger partial charge in [-0.05, 0) is 251 Å². The van der Waals surface area contributed by atoms with Gasteiger partial charge >= 0.3 is 53.7 Å². The van der Waals surface area contributed by atoms with Crippen molar-refractivity contribution >= 4 is 65.3 Å². The summed E-state index contributed by atoms with van der Waals surface area (Å²) in [6, 6.07) is 8.36. The molecule has 0 spiro atoms. The molecule has 142 heavy (non-hydrogen) atoms. The van der Waals surface area contributed by atoms with Gasteiger partial charge in [0.2, 0.25) is 0 Å². The van der Waals surface area contributed by atoms with Crippen molar-refractivity contribution in [2.75, 3.05) is 72.7 Å². The lowest BCUT2D eigenvalue weighted by Gasteiger charge is -2.43. The molecule has 28 nitrogen and oxygen atoms in total. The van der Waals surface area contributed by atoms with Crippen LogP contribution in [-0.2, 0) is 114 Å². The molecule has 0 amide bonds. The molecule has 1 aliphatic heterocycles. The first kappa shape index (κ1) is 137. The van der Waals surface area contributed by atoms with Gasteiger partial charge in [-0.1, -0.05) is 207 Å². The molecule has 28 heteroatoms. The van der Waals surface area contributed by atoms with Crippen molar-refractivity contribution in [1.29, 1.82) is 0 Å². The summed E-state index contributed by atoms with van der Waals surface area (Å²) < 4.78 is 67.9. The van der Waals surface area contributed by atoms with Crippen LogP contribution in [0.15, 0.2) is 138 Å². The second-order valence-electron chi connectivity index (χ2n) is 38.6. The molecule has 9 aliphatic carbocycles. The zero-order chi connectivity index (χ0) is 102. The molecular formula is C114H188O28. The van der Waals surface area contributed by atoms with Crippen LogP contribution >= 0.6 is 0 Å². The topological polar surface area (TPSA) is 389 Å². The van der Waals surface area contributed by atoms with Crippen molar-refractivity contribution < 1.29 is 135 Å². The number of aryl methyl sites for hydroxylation is 2. The molecule has 1 aromatic rings. The maximum atomic E-state index is 12.4. The molecule has 1 aromatic carbocycles. The third kappa shape index (κ3) is 54.3. The Morgan fingerprint density at radius 1 is 0.415 bits per heavy atom. The van der Waals surface area contributed by atoms with E-state index in [9.17, 15) is 73.2 Å². The van der Waals surface area contributed by atoms with Crippen molar-refractivity contribution in [2.24, 2.45) is 81.8 Å². The minimum Gasteiger partial charge on any atom is -0.465 e. The number of rotatable bonds is 36. The van der Waals surface area contributed by atoms with Gasteiger partial charge in [0.05, 0.1) is 68.8 Å². The van der Waals surface area contributed by atoms with Gasteiger partial charge in [0.25, 0.3) is 0 Å². The molecule has 8 saturated carbocycles. The molecule has 1 saturated heterocycles. The zero-order valence-electron chi connectivity index (χ0n) is 84.2. The third-order valence-electron chi connectivity index (χ3n) is 27.6. The zero-order valence-corrected chi connectivity index (χ0v) is 84.2. The average molecular weight is 2010 g/mol. The van der Waals surface area contributed by atoms with Gasteiger partial charge in [-0.3, -0.25) is 24.0 Å². The standard InChI is InChI=1S/C26H38O10.C20H28O8.C17H26O6.C10H16.C8H16.C8H14.C8H10.2C6H10O2.5CH4/c1-3-23(29)35-21-11-9-17(13-19(21)27)15-33-25(31)7-5-6-8-26(32)34-16-18-10-12-22(20(28)14-18)36-24(30)4-2;1-3-18(23)27-16-9-12(5-7-14(16)21)11-26-20(25)13-6-8-15(22)17(10-13)28-19(24)4-2;1-6-13(18)20-9-16(4,5)15-22-11-17(8-3,12-23-15)10-21-14(19)7-2;1-2-9-7-4-5-8(6-7)10(9)3-1;3*1-7-5-3-4-6-8(7)2;2*1-3-6(7)5-8-4-2;;;;;/h3-4,17-22,27-28H,1-2,5-16H2;3-4,12-17,21-22H,1-2,5-11H2;6-7,15H,1-2,8-12H2,3-5H3;7-10H,1-6H2;7-8H,3-6H2,1-2H3;3-4,7-8H,5-6H2,1-2H3;3-6H,1-2H3;2*3H,1,4-5H2,2H3;5*1H4. The largest absolute Gasteiger partial charge is 0.465 e. The summed E-state index contributed by atoms with van der Waals surface area (Å²) >= 11 is 0. The fourth-order valence-corrected chi connectivity index (χ4v) is 18.0. The summed E-state index contributed by atoms with van der Waals surface area (Å²) in [5.41, 5.74) is 1.86. The van der Waals surface area contributed by atoms with E-state index >= 15 is 0 Å². The summed E-state index contributed by atoms with van der Waals surface area (Å²) in [5.74, 6) is 3.59. The van der Waals surface area contributed by atoms with Gasteiger partial charge in [-0.25, -0.2) is 28.8 Å². The van der Waals surface area contributed by atoms with Crippen molar-refractivity contribution in [1.82, 2.24) is 0 Å². The highest BCUT2D eigenvalue weighted by Gasteiger charge is 2.49. The maximum absolute atomic E-state index is 12.4. The number of unbranched alkanes of at least 4 members (excludes halogenated alkanes) is 1. The van der Waals surface area contributed by atoms with E-state index in [4.69, 9.17) is 61.6 Å². The highest BCUT2D eigenvalue weighted by Crippen LogP contribution is 2.58. The highest BCUT2D eigenvalue weighted by molar-refractivity contribution is 5.90. The summed E-state index contributed by atoms with van der Waals surface area (Å²) in [6.07, 6.45) is 33.0. The van der Waals surface area contributed by atoms with Gasteiger partial charge in [-0.2, -0.15) is 0 Å². The fraction of sp³-hybridized carbons (Fsp3) is 0.693. The predicted octanol–water partition coefficient (Wildman–Crippen LogP) is 20.8. The Morgan fingerprint density at radius 3 is 1.17 bits per heavy atom. The molecule has 0 aromatic heterocycles. The van der Waals surface area contributed by atoms with Gasteiger partial charge in [0.15, 0.2) is 17.9 Å². The molecule has 1 heterocycles. The Labute approximate surface area is 853 Å². The molecule has 10 aliphatic rings. The van der Waals surface area contributed by atoms with E-state index in [1.54, 1.807) is 38.5 Å². The van der Waals surface area contributed by atoms with Crippen molar-refractivity contribution in [3.63, 3.8) is 0 Å². The molecule has 4 N–H and O–H groups in total. The number of hydrogen-bond donors (Lipinski definition) is 4. The number of aliphatic hydroxyl groups excluding tert-OH is 4. The van der Waals surface area contributed by atoms with Crippen LogP contribution < -0.4 is 0 Å². The number of aliphatic hydroxyl groups is 4. The lowest BCUT2D eigenvalue weighted by atomic mass is 9.82. The molecule has 20 atom stereocenters. The summed E-state index contributed by atoms with van der Waals surface area (Å²) in [4.78, 5) is 125. The highest BCUT2D eigenvalue weighted by atomic mass is 16.7. The Bertz CT molecular complexity index is 3740. The van der Waals surface area contributed by atoms with E-state index < -0.39 is 108 Å². The van der Waals surface area contributed by atoms with Crippen LogP contribution in [0, 0.1) is 95.7 Å². The normalized spacial score (nSPS) is 27.4. The number of esters is 9. The van der Waals surface area contributed by atoms with Gasteiger partial charge < -0.3 is 82.0 Å². The van der Waals surface area contributed by atoms with Crippen molar-refractivity contribution in [2.45, 2.75) is 355 Å². The molecule has 20 unspecified atom stereocenters. The lowest BCUT2D eigenvalue weighted by molar-refractivity contribution is -0.280. The second-order valence-corrected chi connectivity index (χ2v) is 38.6. The van der Waals surface area contributed by atoms with Gasteiger partial charge in [0, 0.05) is 74.3 Å². The van der Waals surface area contributed by atoms with Crippen molar-refractivity contribution in [3.8, 4) is 0 Å². The van der Waals surface area contributed by atoms with Crippen LogP contribution in [0.3, 0.4) is 0 Å². The minimum atomic E-state index is -0.812. The molecule has 9 fully saturated rings. The van der Waals surface area contributed by atoms with Crippen LogP contribution in [0.5, 0.6) is 0 Å². The quantitative estimate of drug-likeness (QED) is 0.0159. The first-order valence-corrected chi connectivity index (χ1v) is 49.8. The van der Waals surface area contributed by atoms with Crippen LogP contribution in [0.2, 0.25) is 0 Å². The summed E-state index contributed by atoms with van der Waals surface area (Å²) in [7, 11) is 0. The lowest BCUT2D eigenvalue weighted by Crippen LogP contribution is -2.50. The monoisotopic (exact) mass is 2010 g/mol. The van der Waals surface area contributed by atoms with Crippen LogP contribution in [0.1, 0.15) is 297 Å². The molecular weight excluding hydrogens is 1820 g/mol. The maximum Gasteiger partial charge on any atom is 0.330 e. The fourth-order valence-electron chi connectivity index (χ4n) is 18.0.